The SMILES string of the molecule is CCCC(N)C(=O)NCc1cc(C)ccc1OC(F)F. The van der Waals surface area contributed by atoms with Gasteiger partial charge in [0.1, 0.15) is 5.75 Å². The number of ether oxygens (including phenoxy) is 1. The van der Waals surface area contributed by atoms with Crippen LogP contribution in [0.4, 0.5) is 8.78 Å². The van der Waals surface area contributed by atoms with Crippen LogP contribution in [0.25, 0.3) is 0 Å². The molecular formula is C14H20F2N2O2. The number of hydrogen-bond donors (Lipinski definition) is 2. The zero-order valence-corrected chi connectivity index (χ0v) is 11.7. The molecule has 1 rings (SSSR count). The summed E-state index contributed by atoms with van der Waals surface area (Å²) in [5, 5.41) is 2.64. The smallest absolute Gasteiger partial charge is 0.387 e. The first kappa shape index (κ1) is 16.4. The molecule has 0 aliphatic heterocycles. The van der Waals surface area contributed by atoms with Crippen LogP contribution in [0.3, 0.4) is 0 Å². The molecule has 0 aliphatic carbocycles. The Morgan fingerprint density at radius 3 is 2.75 bits per heavy atom. The highest BCUT2D eigenvalue weighted by molar-refractivity contribution is 5.81. The molecule has 0 radical (unpaired) electrons. The van der Waals surface area contributed by atoms with Crippen molar-refractivity contribution < 1.29 is 18.3 Å². The number of carbonyl (C=O) groups excluding carboxylic acids is 1. The minimum absolute atomic E-state index is 0.0648. The van der Waals surface area contributed by atoms with Crippen molar-refractivity contribution in [3.63, 3.8) is 0 Å². The molecule has 0 fully saturated rings. The maximum absolute atomic E-state index is 12.3. The third-order valence-corrected chi connectivity index (χ3v) is 2.82. The number of carbonyl (C=O) groups is 1. The van der Waals surface area contributed by atoms with Gasteiger partial charge in [0.05, 0.1) is 6.04 Å². The average Bonchev–Trinajstić information content (AvgIpc) is 2.38. The van der Waals surface area contributed by atoms with Crippen LogP contribution in [0, 0.1) is 6.92 Å². The third-order valence-electron chi connectivity index (χ3n) is 2.82. The lowest BCUT2D eigenvalue weighted by Crippen LogP contribution is -2.40. The third kappa shape index (κ3) is 5.13. The summed E-state index contributed by atoms with van der Waals surface area (Å²) < 4.78 is 29.0. The second-order valence-electron chi connectivity index (χ2n) is 4.60. The van der Waals surface area contributed by atoms with Crippen molar-refractivity contribution in [3.8, 4) is 5.75 Å². The van der Waals surface area contributed by atoms with Gasteiger partial charge in [-0.15, -0.1) is 0 Å². The quantitative estimate of drug-likeness (QED) is 0.808. The van der Waals surface area contributed by atoms with E-state index in [1.165, 1.54) is 6.07 Å². The van der Waals surface area contributed by atoms with Crippen LogP contribution in [0.5, 0.6) is 5.75 Å². The van der Waals surface area contributed by atoms with E-state index >= 15 is 0 Å². The van der Waals surface area contributed by atoms with E-state index in [0.717, 1.165) is 12.0 Å². The number of halogens is 2. The fourth-order valence-corrected chi connectivity index (χ4v) is 1.81. The van der Waals surface area contributed by atoms with Gasteiger partial charge in [-0.25, -0.2) is 0 Å². The summed E-state index contributed by atoms with van der Waals surface area (Å²) in [6.07, 6.45) is 1.39. The first-order valence-electron chi connectivity index (χ1n) is 6.51. The molecule has 0 bridgehead atoms. The predicted octanol–water partition coefficient (Wildman–Crippen LogP) is 2.34. The van der Waals surface area contributed by atoms with Crippen LogP contribution in [0.2, 0.25) is 0 Å². The van der Waals surface area contributed by atoms with Gasteiger partial charge in [0, 0.05) is 12.1 Å². The van der Waals surface area contributed by atoms with E-state index in [4.69, 9.17) is 5.73 Å². The first-order chi connectivity index (χ1) is 9.43. The zero-order valence-electron chi connectivity index (χ0n) is 11.7. The Labute approximate surface area is 117 Å². The second kappa shape index (κ2) is 7.79. The van der Waals surface area contributed by atoms with E-state index in [0.29, 0.717) is 12.0 Å². The molecule has 1 atom stereocenters. The van der Waals surface area contributed by atoms with Crippen LogP contribution in [0.15, 0.2) is 18.2 Å². The van der Waals surface area contributed by atoms with Crippen molar-refractivity contribution in [2.75, 3.05) is 0 Å². The Hall–Kier alpha value is -1.69. The Kier molecular flexibility index (Phi) is 6.38. The van der Waals surface area contributed by atoms with Crippen LogP contribution in [0.1, 0.15) is 30.9 Å². The van der Waals surface area contributed by atoms with Crippen molar-refractivity contribution in [2.24, 2.45) is 5.73 Å². The highest BCUT2D eigenvalue weighted by atomic mass is 19.3. The number of aryl methyl sites for hydroxylation is 1. The first-order valence-corrected chi connectivity index (χ1v) is 6.51. The summed E-state index contributed by atoms with van der Waals surface area (Å²) in [7, 11) is 0. The van der Waals surface area contributed by atoms with Crippen molar-refractivity contribution in [1.82, 2.24) is 5.32 Å². The van der Waals surface area contributed by atoms with Gasteiger partial charge in [-0.1, -0.05) is 31.0 Å². The van der Waals surface area contributed by atoms with E-state index in [-0.39, 0.29) is 18.2 Å². The van der Waals surface area contributed by atoms with E-state index < -0.39 is 12.7 Å². The standard InChI is InChI=1S/C14H20F2N2O2/c1-3-4-11(17)13(19)18-8-10-7-9(2)5-6-12(10)20-14(15)16/h5-7,11,14H,3-4,8,17H2,1-2H3,(H,18,19). The molecule has 1 aromatic carbocycles. The van der Waals surface area contributed by atoms with E-state index in [9.17, 15) is 13.6 Å². The summed E-state index contributed by atoms with van der Waals surface area (Å²) in [4.78, 5) is 11.7. The highest BCUT2D eigenvalue weighted by Gasteiger charge is 2.14. The number of alkyl halides is 2. The van der Waals surface area contributed by atoms with E-state index in [1.807, 2.05) is 13.8 Å². The van der Waals surface area contributed by atoms with Gasteiger partial charge in [0.2, 0.25) is 5.91 Å². The van der Waals surface area contributed by atoms with Gasteiger partial charge < -0.3 is 15.8 Å². The topological polar surface area (TPSA) is 64.4 Å². The molecule has 6 heteroatoms. The zero-order chi connectivity index (χ0) is 15.1. The maximum atomic E-state index is 12.3. The van der Waals surface area contributed by atoms with Crippen molar-refractivity contribution in [1.29, 1.82) is 0 Å². The molecule has 4 nitrogen and oxygen atoms in total. The molecule has 0 saturated heterocycles. The van der Waals surface area contributed by atoms with Crippen molar-refractivity contribution in [2.45, 2.75) is 45.9 Å². The molecule has 0 spiro atoms. The number of nitrogens with two attached hydrogens (primary N) is 1. The van der Waals surface area contributed by atoms with Gasteiger partial charge in [-0.3, -0.25) is 4.79 Å². The van der Waals surface area contributed by atoms with Crippen LogP contribution in [-0.4, -0.2) is 18.6 Å². The highest BCUT2D eigenvalue weighted by Crippen LogP contribution is 2.22. The Bertz CT molecular complexity index is 453. The molecule has 0 saturated carbocycles. The molecule has 20 heavy (non-hydrogen) atoms. The summed E-state index contributed by atoms with van der Waals surface area (Å²) in [5.74, 6) is -0.230. The lowest BCUT2D eigenvalue weighted by molar-refractivity contribution is -0.122. The van der Waals surface area contributed by atoms with Gasteiger partial charge in [0.15, 0.2) is 0 Å². The molecule has 1 amide bonds. The number of amides is 1. The Balaban J connectivity index is 2.70. The van der Waals surface area contributed by atoms with Gasteiger partial charge in [-0.2, -0.15) is 8.78 Å². The molecule has 112 valence electrons. The molecule has 0 heterocycles. The number of rotatable bonds is 7. The van der Waals surface area contributed by atoms with Crippen LogP contribution >= 0.6 is 0 Å². The predicted molar refractivity (Wildman–Crippen MR) is 72.5 cm³/mol. The van der Waals surface area contributed by atoms with Gasteiger partial charge >= 0.3 is 6.61 Å². The largest absolute Gasteiger partial charge is 0.434 e. The van der Waals surface area contributed by atoms with Crippen LogP contribution < -0.4 is 15.8 Å². The van der Waals surface area contributed by atoms with Crippen molar-refractivity contribution >= 4 is 5.91 Å². The lowest BCUT2D eigenvalue weighted by Gasteiger charge is -2.14. The Morgan fingerprint density at radius 1 is 1.45 bits per heavy atom. The molecule has 0 aromatic heterocycles. The molecule has 0 aliphatic rings. The fraction of sp³-hybridized carbons (Fsp3) is 0.500. The minimum atomic E-state index is -2.89. The summed E-state index contributed by atoms with van der Waals surface area (Å²) in [6, 6.07) is 4.26. The minimum Gasteiger partial charge on any atom is -0.434 e. The molecule has 1 unspecified atom stereocenters. The van der Waals surface area contributed by atoms with E-state index in [2.05, 4.69) is 10.1 Å². The normalized spacial score (nSPS) is 12.3. The van der Waals surface area contributed by atoms with Gasteiger partial charge in [-0.05, 0) is 19.4 Å². The summed E-state index contributed by atoms with van der Waals surface area (Å²) in [5.41, 5.74) is 7.08. The fourth-order valence-electron chi connectivity index (χ4n) is 1.81. The summed E-state index contributed by atoms with van der Waals surface area (Å²) >= 11 is 0. The van der Waals surface area contributed by atoms with Crippen molar-refractivity contribution in [3.05, 3.63) is 29.3 Å². The average molecular weight is 286 g/mol. The number of nitrogens with one attached hydrogen (secondary N) is 1. The molecule has 1 aromatic rings. The van der Waals surface area contributed by atoms with Crippen LogP contribution in [-0.2, 0) is 11.3 Å². The monoisotopic (exact) mass is 286 g/mol. The Morgan fingerprint density at radius 2 is 2.15 bits per heavy atom. The lowest BCUT2D eigenvalue weighted by atomic mass is 10.1. The second-order valence-corrected chi connectivity index (χ2v) is 4.60. The molecular weight excluding hydrogens is 266 g/mol. The molecule has 3 N–H and O–H groups in total. The summed E-state index contributed by atoms with van der Waals surface area (Å²) in [6.45, 7) is 0.984. The van der Waals surface area contributed by atoms with E-state index in [1.54, 1.807) is 12.1 Å². The van der Waals surface area contributed by atoms with Gasteiger partial charge in [0.25, 0.3) is 0 Å². The number of hydrogen-bond acceptors (Lipinski definition) is 3. The maximum Gasteiger partial charge on any atom is 0.387 e. The number of benzene rings is 1.